The van der Waals surface area contributed by atoms with E-state index in [4.69, 9.17) is 16.7 Å². The zero-order chi connectivity index (χ0) is 13.0. The van der Waals surface area contributed by atoms with Crippen LogP contribution in [0.1, 0.15) is 13.3 Å². The van der Waals surface area contributed by atoms with Crippen LogP contribution in [-0.4, -0.2) is 26.2 Å². The molecule has 8 heteroatoms. The number of aromatic nitrogens is 1. The van der Waals surface area contributed by atoms with Crippen molar-refractivity contribution in [3.63, 3.8) is 0 Å². The number of carboxylic acid groups (broad SMARTS) is 1. The second-order valence-electron chi connectivity index (χ2n) is 3.26. The van der Waals surface area contributed by atoms with Crippen molar-refractivity contribution in [2.24, 2.45) is 0 Å². The molecule has 0 bridgehead atoms. The number of nitro groups is 1. The number of hydrogen-bond acceptors (Lipinski definition) is 5. The van der Waals surface area contributed by atoms with Gasteiger partial charge in [0.2, 0.25) is 0 Å². The maximum Gasteiger partial charge on any atom is 0.304 e. The normalized spacial score (nSPS) is 12.1. The first-order chi connectivity index (χ1) is 7.90. The van der Waals surface area contributed by atoms with Gasteiger partial charge in [-0.3, -0.25) is 14.9 Å². The molecule has 17 heavy (non-hydrogen) atoms. The first kappa shape index (κ1) is 13.7. The number of nitrogens with zero attached hydrogens (tertiary/aromatic N) is 2. The minimum absolute atomic E-state index is 0.0911. The maximum atomic E-state index is 10.8. The lowest BCUT2D eigenvalue weighted by atomic mass is 10.3. The summed E-state index contributed by atoms with van der Waals surface area (Å²) in [5.41, 5.74) is -0.209. The Morgan fingerprint density at radius 3 is 2.94 bits per heavy atom. The summed E-state index contributed by atoms with van der Waals surface area (Å²) in [5.74, 6) is -0.957. The van der Waals surface area contributed by atoms with Gasteiger partial charge in [-0.25, -0.2) is 4.98 Å². The van der Waals surface area contributed by atoms with Crippen molar-refractivity contribution in [1.29, 1.82) is 0 Å². The lowest BCUT2D eigenvalue weighted by Gasteiger charge is -2.07. The molecule has 1 unspecified atom stereocenters. The number of halogens is 1. The van der Waals surface area contributed by atoms with Crippen LogP contribution in [-0.2, 0) is 4.79 Å². The monoisotopic (exact) mass is 276 g/mol. The molecule has 1 aromatic heterocycles. The van der Waals surface area contributed by atoms with Gasteiger partial charge in [0.1, 0.15) is 0 Å². The molecular weight excluding hydrogens is 268 g/mol. The molecule has 0 spiro atoms. The fourth-order valence-electron chi connectivity index (χ4n) is 1.12. The van der Waals surface area contributed by atoms with Gasteiger partial charge in [0, 0.05) is 17.5 Å². The number of pyridine rings is 1. The van der Waals surface area contributed by atoms with Crippen LogP contribution in [0.15, 0.2) is 17.3 Å². The Bertz CT molecular complexity index is 455. The van der Waals surface area contributed by atoms with Crippen molar-refractivity contribution >= 4 is 35.0 Å². The smallest absolute Gasteiger partial charge is 0.304 e. The second kappa shape index (κ2) is 5.83. The van der Waals surface area contributed by atoms with Crippen molar-refractivity contribution < 1.29 is 14.8 Å². The molecule has 0 aliphatic carbocycles. The van der Waals surface area contributed by atoms with Crippen molar-refractivity contribution in [2.75, 3.05) is 0 Å². The van der Waals surface area contributed by atoms with Gasteiger partial charge in [-0.05, 0) is 0 Å². The highest BCUT2D eigenvalue weighted by atomic mass is 35.5. The molecule has 1 aromatic rings. The van der Waals surface area contributed by atoms with Crippen molar-refractivity contribution in [3.8, 4) is 0 Å². The zero-order valence-corrected chi connectivity index (χ0v) is 10.4. The van der Waals surface area contributed by atoms with Crippen molar-refractivity contribution in [1.82, 2.24) is 4.98 Å². The van der Waals surface area contributed by atoms with E-state index in [1.165, 1.54) is 12.3 Å². The van der Waals surface area contributed by atoms with Crippen LogP contribution in [0, 0.1) is 10.1 Å². The fraction of sp³-hybridized carbons (Fsp3) is 0.333. The van der Waals surface area contributed by atoms with E-state index in [9.17, 15) is 14.9 Å². The summed E-state index contributed by atoms with van der Waals surface area (Å²) in [6.07, 6.45) is 1.20. The summed E-state index contributed by atoms with van der Waals surface area (Å²) in [6.45, 7) is 1.67. The topological polar surface area (TPSA) is 93.3 Å². The van der Waals surface area contributed by atoms with Crippen LogP contribution >= 0.6 is 23.4 Å². The summed E-state index contributed by atoms with van der Waals surface area (Å²) in [5, 5.41) is 19.4. The van der Waals surface area contributed by atoms with Crippen LogP contribution in [0.3, 0.4) is 0 Å². The van der Waals surface area contributed by atoms with Crippen LogP contribution in [0.25, 0.3) is 0 Å². The Balaban J connectivity index is 2.90. The van der Waals surface area contributed by atoms with E-state index in [0.717, 1.165) is 11.8 Å². The Morgan fingerprint density at radius 2 is 2.41 bits per heavy atom. The summed E-state index contributed by atoms with van der Waals surface area (Å²) >= 11 is 6.65. The highest BCUT2D eigenvalue weighted by Gasteiger charge is 2.20. The van der Waals surface area contributed by atoms with Gasteiger partial charge in [0.25, 0.3) is 0 Å². The number of aliphatic carboxylic acids is 1. The Labute approximate surface area is 106 Å². The molecule has 0 saturated heterocycles. The van der Waals surface area contributed by atoms with Gasteiger partial charge < -0.3 is 5.11 Å². The minimum Gasteiger partial charge on any atom is -0.481 e. The minimum atomic E-state index is -0.957. The molecule has 1 heterocycles. The lowest BCUT2D eigenvalue weighted by molar-refractivity contribution is -0.388. The van der Waals surface area contributed by atoms with Gasteiger partial charge in [-0.1, -0.05) is 30.3 Å². The van der Waals surface area contributed by atoms with Gasteiger partial charge in [0.15, 0.2) is 5.03 Å². The number of carboxylic acids is 1. The SMILES string of the molecule is CC(CC(=O)O)Sc1ncc(Cl)cc1[N+](=O)[O-]. The predicted octanol–water partition coefficient (Wildman–Crippen LogP) is 2.60. The summed E-state index contributed by atoms with van der Waals surface area (Å²) in [7, 11) is 0. The molecule has 0 aliphatic rings. The van der Waals surface area contributed by atoms with E-state index >= 15 is 0 Å². The van der Waals surface area contributed by atoms with Gasteiger partial charge >= 0.3 is 11.7 Å². The molecule has 0 aliphatic heterocycles. The molecule has 0 radical (unpaired) electrons. The molecule has 92 valence electrons. The Hall–Kier alpha value is -1.34. The first-order valence-corrected chi connectivity index (χ1v) is 5.84. The largest absolute Gasteiger partial charge is 0.481 e. The van der Waals surface area contributed by atoms with Crippen LogP contribution in [0.2, 0.25) is 5.02 Å². The highest BCUT2D eigenvalue weighted by molar-refractivity contribution is 8.00. The van der Waals surface area contributed by atoms with E-state index in [1.807, 2.05) is 0 Å². The Kier molecular flexibility index (Phi) is 4.71. The standard InChI is InChI=1S/C9H9ClN2O4S/c1-5(2-8(13)14)17-9-7(12(15)16)3-6(10)4-11-9/h3-5H,2H2,1H3,(H,13,14). The average molecular weight is 277 g/mol. The molecule has 1 N–H and O–H groups in total. The van der Waals surface area contributed by atoms with Crippen LogP contribution in [0.4, 0.5) is 5.69 Å². The molecule has 0 amide bonds. The molecule has 6 nitrogen and oxygen atoms in total. The summed E-state index contributed by atoms with van der Waals surface area (Å²) in [6, 6.07) is 1.20. The molecule has 1 rings (SSSR count). The van der Waals surface area contributed by atoms with Gasteiger partial charge in [-0.15, -0.1) is 0 Å². The van der Waals surface area contributed by atoms with Crippen molar-refractivity contribution in [3.05, 3.63) is 27.4 Å². The van der Waals surface area contributed by atoms with E-state index in [2.05, 4.69) is 4.98 Å². The van der Waals surface area contributed by atoms with Crippen molar-refractivity contribution in [2.45, 2.75) is 23.6 Å². The molecule has 0 aromatic carbocycles. The third kappa shape index (κ3) is 4.20. The molecule has 0 saturated carbocycles. The third-order valence-corrected chi connectivity index (χ3v) is 3.08. The number of carbonyl (C=O) groups is 1. The number of rotatable bonds is 5. The lowest BCUT2D eigenvalue weighted by Crippen LogP contribution is -2.06. The van der Waals surface area contributed by atoms with Crippen LogP contribution < -0.4 is 0 Å². The number of thioether (sulfide) groups is 1. The quantitative estimate of drug-likeness (QED) is 0.505. The van der Waals surface area contributed by atoms with E-state index < -0.39 is 10.9 Å². The van der Waals surface area contributed by atoms with Gasteiger partial charge in [0.05, 0.1) is 16.4 Å². The number of hydrogen-bond donors (Lipinski definition) is 1. The van der Waals surface area contributed by atoms with E-state index in [1.54, 1.807) is 6.92 Å². The van der Waals surface area contributed by atoms with Gasteiger partial charge in [-0.2, -0.15) is 0 Å². The molecule has 1 atom stereocenters. The fourth-order valence-corrected chi connectivity index (χ4v) is 2.24. The molecule has 0 fully saturated rings. The van der Waals surface area contributed by atoms with Crippen LogP contribution in [0.5, 0.6) is 0 Å². The zero-order valence-electron chi connectivity index (χ0n) is 8.79. The average Bonchev–Trinajstić information content (AvgIpc) is 2.19. The molecular formula is C9H9ClN2O4S. The summed E-state index contributed by atoms with van der Waals surface area (Å²) in [4.78, 5) is 24.5. The first-order valence-electron chi connectivity index (χ1n) is 4.58. The third-order valence-electron chi connectivity index (χ3n) is 1.77. The Morgan fingerprint density at radius 1 is 1.76 bits per heavy atom. The summed E-state index contributed by atoms with van der Waals surface area (Å²) < 4.78 is 0. The van der Waals surface area contributed by atoms with E-state index in [-0.39, 0.29) is 27.4 Å². The maximum absolute atomic E-state index is 10.8. The highest BCUT2D eigenvalue weighted by Crippen LogP contribution is 2.32. The van der Waals surface area contributed by atoms with E-state index in [0.29, 0.717) is 0 Å². The predicted molar refractivity (Wildman–Crippen MR) is 63.5 cm³/mol. The second-order valence-corrected chi connectivity index (χ2v) is 5.12.